The number of hydrogen-bond donors (Lipinski definition) is 1. The van der Waals surface area contributed by atoms with Crippen molar-refractivity contribution in [1.29, 1.82) is 0 Å². The number of ether oxygens (including phenoxy) is 1. The quantitative estimate of drug-likeness (QED) is 0.376. The number of aromatic nitrogens is 1. The van der Waals surface area contributed by atoms with E-state index in [1.165, 1.54) is 16.7 Å². The lowest BCUT2D eigenvalue weighted by atomic mass is 10.1. The van der Waals surface area contributed by atoms with Gasteiger partial charge >= 0.3 is 0 Å². The minimum atomic E-state index is -0.318. The fourth-order valence-electron chi connectivity index (χ4n) is 3.51. The number of carbonyl (C=O) groups is 1. The molecule has 0 aliphatic rings. The van der Waals surface area contributed by atoms with Crippen molar-refractivity contribution in [3.8, 4) is 17.0 Å². The van der Waals surface area contributed by atoms with Crippen LogP contribution in [0.4, 0.5) is 5.13 Å². The predicted octanol–water partition coefficient (Wildman–Crippen LogP) is 6.28. The molecule has 0 aliphatic heterocycles. The van der Waals surface area contributed by atoms with Crippen molar-refractivity contribution in [3.63, 3.8) is 0 Å². The highest BCUT2D eigenvalue weighted by Crippen LogP contribution is 2.31. The van der Waals surface area contributed by atoms with E-state index in [9.17, 15) is 4.79 Å². The van der Waals surface area contributed by atoms with E-state index in [1.54, 1.807) is 13.2 Å². The highest BCUT2D eigenvalue weighted by atomic mass is 32.1. The van der Waals surface area contributed by atoms with Gasteiger partial charge in [-0.1, -0.05) is 36.4 Å². The maximum absolute atomic E-state index is 12.8. The Labute approximate surface area is 176 Å². The zero-order valence-corrected chi connectivity index (χ0v) is 17.2. The van der Waals surface area contributed by atoms with Crippen LogP contribution in [0.1, 0.15) is 16.1 Å². The molecular formula is C24H18N2O3S. The molecule has 2 heterocycles. The topological polar surface area (TPSA) is 64.4 Å². The average Bonchev–Trinajstić information content (AvgIpc) is 3.37. The summed E-state index contributed by atoms with van der Waals surface area (Å²) < 4.78 is 11.0. The van der Waals surface area contributed by atoms with Crippen molar-refractivity contribution in [3.05, 3.63) is 77.4 Å². The van der Waals surface area contributed by atoms with Crippen molar-refractivity contribution in [2.75, 3.05) is 12.4 Å². The minimum Gasteiger partial charge on any atom is -0.497 e. The van der Waals surface area contributed by atoms with E-state index in [1.807, 2.05) is 42.6 Å². The maximum Gasteiger partial charge on any atom is 0.293 e. The van der Waals surface area contributed by atoms with Gasteiger partial charge in [0.1, 0.15) is 11.3 Å². The fraction of sp³-hybridized carbons (Fsp3) is 0.0833. The number of furan rings is 1. The van der Waals surface area contributed by atoms with Crippen LogP contribution < -0.4 is 10.1 Å². The molecule has 1 N–H and O–H groups in total. The molecule has 1 amide bonds. The Bertz CT molecular complexity index is 1400. The summed E-state index contributed by atoms with van der Waals surface area (Å²) in [4.78, 5) is 17.4. The molecule has 148 valence electrons. The molecule has 0 spiro atoms. The van der Waals surface area contributed by atoms with Crippen LogP contribution in [0.5, 0.6) is 5.75 Å². The van der Waals surface area contributed by atoms with Gasteiger partial charge in [0, 0.05) is 21.9 Å². The van der Waals surface area contributed by atoms with Crippen molar-refractivity contribution < 1.29 is 13.9 Å². The van der Waals surface area contributed by atoms with Gasteiger partial charge in [0.05, 0.1) is 12.8 Å². The number of methoxy groups -OCH3 is 1. The second kappa shape index (κ2) is 7.31. The number of hydrogen-bond acceptors (Lipinski definition) is 5. The van der Waals surface area contributed by atoms with E-state index in [4.69, 9.17) is 9.15 Å². The van der Waals surface area contributed by atoms with Crippen molar-refractivity contribution in [1.82, 2.24) is 4.98 Å². The molecule has 2 aromatic heterocycles. The smallest absolute Gasteiger partial charge is 0.293 e. The van der Waals surface area contributed by atoms with E-state index < -0.39 is 0 Å². The van der Waals surface area contributed by atoms with Gasteiger partial charge in [-0.05, 0) is 42.0 Å². The highest BCUT2D eigenvalue weighted by molar-refractivity contribution is 7.14. The molecule has 0 saturated carbocycles. The molecular weight excluding hydrogens is 396 g/mol. The number of amides is 1. The standard InChI is InChI=1S/C24H18N2O3S/c1-14-19-12-18(28-2)9-10-21(19)29-22(14)23(27)26-24-25-20(13-30-24)17-8-7-15-5-3-4-6-16(15)11-17/h3-13H,1-2H3,(H,25,26,27). The molecule has 5 rings (SSSR count). The molecule has 3 aromatic carbocycles. The van der Waals surface area contributed by atoms with Crippen molar-refractivity contribution in [2.45, 2.75) is 6.92 Å². The Morgan fingerprint density at radius 3 is 2.73 bits per heavy atom. The molecule has 0 aliphatic carbocycles. The first-order valence-corrected chi connectivity index (χ1v) is 10.3. The molecule has 0 saturated heterocycles. The van der Waals surface area contributed by atoms with Gasteiger partial charge in [-0.25, -0.2) is 4.98 Å². The van der Waals surface area contributed by atoms with Gasteiger partial charge in [-0.3, -0.25) is 10.1 Å². The number of aryl methyl sites for hydroxylation is 1. The first-order valence-electron chi connectivity index (χ1n) is 9.45. The van der Waals surface area contributed by atoms with Gasteiger partial charge in [0.25, 0.3) is 5.91 Å². The lowest BCUT2D eigenvalue weighted by Gasteiger charge is -2.01. The second-order valence-electron chi connectivity index (χ2n) is 6.97. The lowest BCUT2D eigenvalue weighted by molar-refractivity contribution is 0.0998. The van der Waals surface area contributed by atoms with Crippen LogP contribution in [0.25, 0.3) is 33.0 Å². The third kappa shape index (κ3) is 3.21. The molecule has 0 unspecified atom stereocenters. The van der Waals surface area contributed by atoms with Crippen LogP contribution in [-0.4, -0.2) is 18.0 Å². The number of thiazole rings is 1. The molecule has 0 bridgehead atoms. The zero-order valence-electron chi connectivity index (χ0n) is 16.4. The Balaban J connectivity index is 1.41. The number of fused-ring (bicyclic) bond motifs is 2. The van der Waals surface area contributed by atoms with Crippen LogP contribution in [0, 0.1) is 6.92 Å². The largest absolute Gasteiger partial charge is 0.497 e. The number of nitrogens with one attached hydrogen (secondary N) is 1. The third-order valence-electron chi connectivity index (χ3n) is 5.12. The highest BCUT2D eigenvalue weighted by Gasteiger charge is 2.19. The summed E-state index contributed by atoms with van der Waals surface area (Å²) in [6, 6.07) is 19.9. The molecule has 6 heteroatoms. The Kier molecular flexibility index (Phi) is 4.48. The number of nitrogens with zero attached hydrogens (tertiary/aromatic N) is 1. The number of anilines is 1. The van der Waals surface area contributed by atoms with Crippen LogP contribution in [0.15, 0.2) is 70.5 Å². The van der Waals surface area contributed by atoms with Gasteiger partial charge in [-0.15, -0.1) is 11.3 Å². The first-order chi connectivity index (χ1) is 14.6. The van der Waals surface area contributed by atoms with Crippen molar-refractivity contribution in [2.24, 2.45) is 0 Å². The van der Waals surface area contributed by atoms with Gasteiger partial charge in [0.15, 0.2) is 10.9 Å². The van der Waals surface area contributed by atoms with Gasteiger partial charge in [-0.2, -0.15) is 0 Å². The zero-order chi connectivity index (χ0) is 20.7. The van der Waals surface area contributed by atoms with Crippen LogP contribution in [-0.2, 0) is 0 Å². The summed E-state index contributed by atoms with van der Waals surface area (Å²) in [5.41, 5.74) is 3.26. The summed E-state index contributed by atoms with van der Waals surface area (Å²) in [5.74, 6) is 0.682. The molecule has 0 fully saturated rings. The molecule has 30 heavy (non-hydrogen) atoms. The van der Waals surface area contributed by atoms with E-state index >= 15 is 0 Å². The first kappa shape index (κ1) is 18.4. The number of benzene rings is 3. The molecule has 0 radical (unpaired) electrons. The third-order valence-corrected chi connectivity index (χ3v) is 5.88. The Hall–Kier alpha value is -3.64. The maximum atomic E-state index is 12.8. The SMILES string of the molecule is COc1ccc2oc(C(=O)Nc3nc(-c4ccc5ccccc5c4)cs3)c(C)c2c1. The van der Waals surface area contributed by atoms with E-state index in [2.05, 4.69) is 34.6 Å². The second-order valence-corrected chi connectivity index (χ2v) is 7.83. The monoisotopic (exact) mass is 414 g/mol. The minimum absolute atomic E-state index is 0.278. The Morgan fingerprint density at radius 2 is 1.90 bits per heavy atom. The predicted molar refractivity (Wildman–Crippen MR) is 121 cm³/mol. The van der Waals surface area contributed by atoms with E-state index in [0.717, 1.165) is 33.3 Å². The summed E-state index contributed by atoms with van der Waals surface area (Å²) in [6.07, 6.45) is 0. The summed E-state index contributed by atoms with van der Waals surface area (Å²) in [5, 5.41) is 8.52. The van der Waals surface area contributed by atoms with Crippen molar-refractivity contribution >= 4 is 44.1 Å². The number of carbonyl (C=O) groups excluding carboxylic acids is 1. The Morgan fingerprint density at radius 1 is 1.07 bits per heavy atom. The van der Waals surface area contributed by atoms with E-state index in [-0.39, 0.29) is 11.7 Å². The number of rotatable bonds is 4. The van der Waals surface area contributed by atoms with Crippen LogP contribution in [0.2, 0.25) is 0 Å². The molecule has 0 atom stereocenters. The van der Waals surface area contributed by atoms with Crippen LogP contribution >= 0.6 is 11.3 Å². The summed E-state index contributed by atoms with van der Waals surface area (Å²) in [7, 11) is 1.61. The molecule has 5 aromatic rings. The summed E-state index contributed by atoms with van der Waals surface area (Å²) >= 11 is 1.39. The lowest BCUT2D eigenvalue weighted by Crippen LogP contribution is -2.11. The van der Waals surface area contributed by atoms with Crippen LogP contribution in [0.3, 0.4) is 0 Å². The van der Waals surface area contributed by atoms with Gasteiger partial charge < -0.3 is 9.15 Å². The van der Waals surface area contributed by atoms with E-state index in [0.29, 0.717) is 10.7 Å². The normalized spacial score (nSPS) is 11.1. The fourth-order valence-corrected chi connectivity index (χ4v) is 4.22. The van der Waals surface area contributed by atoms with Gasteiger partial charge in [0.2, 0.25) is 0 Å². The average molecular weight is 414 g/mol. The molecule has 5 nitrogen and oxygen atoms in total. The summed E-state index contributed by atoms with van der Waals surface area (Å²) in [6.45, 7) is 1.86.